The Bertz CT molecular complexity index is 694. The molecule has 0 aromatic carbocycles. The van der Waals surface area contributed by atoms with Crippen molar-refractivity contribution in [3.05, 3.63) is 28.6 Å². The first kappa shape index (κ1) is 15.2. The largest absolute Gasteiger partial charge is 0.450 e. The van der Waals surface area contributed by atoms with Gasteiger partial charge in [-0.05, 0) is 15.9 Å². The van der Waals surface area contributed by atoms with Crippen LogP contribution in [-0.2, 0) is 30.1 Å². The van der Waals surface area contributed by atoms with E-state index in [1.165, 1.54) is 6.07 Å². The minimum atomic E-state index is -3.71. The molecule has 0 radical (unpaired) electrons. The van der Waals surface area contributed by atoms with Crippen LogP contribution in [0.1, 0.15) is 11.6 Å². The SMILES string of the molecule is Cn1cnc(CCNS(=O)(=O)c2cc(CO)oc2Br)n1. The minimum absolute atomic E-state index is 0.0458. The lowest BCUT2D eigenvalue weighted by Crippen LogP contribution is -2.26. The summed E-state index contributed by atoms with van der Waals surface area (Å²) in [6.45, 7) is -0.204. The molecule has 2 rings (SSSR count). The molecule has 20 heavy (non-hydrogen) atoms. The van der Waals surface area contributed by atoms with Crippen LogP contribution in [0.3, 0.4) is 0 Å². The summed E-state index contributed by atoms with van der Waals surface area (Å²) in [4.78, 5) is 3.95. The van der Waals surface area contributed by atoms with Gasteiger partial charge >= 0.3 is 0 Å². The Kier molecular flexibility index (Phi) is 4.58. The lowest BCUT2D eigenvalue weighted by atomic mass is 10.4. The Labute approximate surface area is 124 Å². The molecule has 10 heteroatoms. The van der Waals surface area contributed by atoms with E-state index in [2.05, 4.69) is 30.7 Å². The van der Waals surface area contributed by atoms with Gasteiger partial charge in [-0.25, -0.2) is 18.1 Å². The maximum Gasteiger partial charge on any atom is 0.244 e. The van der Waals surface area contributed by atoms with Crippen molar-refractivity contribution in [3.63, 3.8) is 0 Å². The zero-order chi connectivity index (χ0) is 14.8. The van der Waals surface area contributed by atoms with E-state index in [0.29, 0.717) is 12.2 Å². The molecule has 2 aromatic rings. The van der Waals surface area contributed by atoms with Gasteiger partial charge in [-0.2, -0.15) is 5.10 Å². The van der Waals surface area contributed by atoms with Gasteiger partial charge in [0, 0.05) is 26.1 Å². The molecule has 2 N–H and O–H groups in total. The summed E-state index contributed by atoms with van der Waals surface area (Å²) in [6, 6.07) is 1.27. The summed E-state index contributed by atoms with van der Waals surface area (Å²) in [5.41, 5.74) is 0. The highest BCUT2D eigenvalue weighted by molar-refractivity contribution is 9.10. The predicted octanol–water partition coefficient (Wildman–Crippen LogP) is 0.184. The Balaban J connectivity index is 2.01. The van der Waals surface area contributed by atoms with Crippen LogP contribution in [0.4, 0.5) is 0 Å². The number of nitrogens with one attached hydrogen (secondary N) is 1. The Morgan fingerprint density at radius 1 is 1.55 bits per heavy atom. The third-order valence-electron chi connectivity index (χ3n) is 2.44. The Morgan fingerprint density at radius 3 is 2.85 bits per heavy atom. The van der Waals surface area contributed by atoms with Crippen LogP contribution in [0, 0.1) is 0 Å². The van der Waals surface area contributed by atoms with E-state index in [0.717, 1.165) is 0 Å². The predicted molar refractivity (Wildman–Crippen MR) is 72.2 cm³/mol. The topological polar surface area (TPSA) is 110 Å². The molecule has 0 bridgehead atoms. The van der Waals surface area contributed by atoms with Crippen LogP contribution in [0.5, 0.6) is 0 Å². The molecule has 8 nitrogen and oxygen atoms in total. The summed E-state index contributed by atoms with van der Waals surface area (Å²) in [5, 5.41) is 13.0. The fourth-order valence-electron chi connectivity index (χ4n) is 1.53. The molecule has 110 valence electrons. The Hall–Kier alpha value is -1.23. The van der Waals surface area contributed by atoms with Crippen molar-refractivity contribution in [2.75, 3.05) is 6.54 Å². The van der Waals surface area contributed by atoms with Crippen molar-refractivity contribution in [2.24, 2.45) is 7.05 Å². The second-order valence-electron chi connectivity index (χ2n) is 3.99. The fraction of sp³-hybridized carbons (Fsp3) is 0.400. The minimum Gasteiger partial charge on any atom is -0.450 e. The lowest BCUT2D eigenvalue weighted by molar-refractivity contribution is 0.245. The molecular formula is C10H13BrN4O4S. The standard InChI is InChI=1S/C10H13BrN4O4S/c1-15-6-12-9(14-15)2-3-13-20(17,18)8-4-7(5-16)19-10(8)11/h4,6,13,16H,2-3,5H2,1H3. The fourth-order valence-corrected chi connectivity index (χ4v) is 3.56. The first-order valence-corrected chi connectivity index (χ1v) is 7.93. The number of aliphatic hydroxyl groups excluding tert-OH is 1. The van der Waals surface area contributed by atoms with E-state index in [1.54, 1.807) is 18.1 Å². The molecular weight excluding hydrogens is 352 g/mol. The molecule has 0 saturated heterocycles. The average Bonchev–Trinajstić information content (AvgIpc) is 2.95. The quantitative estimate of drug-likeness (QED) is 0.756. The normalized spacial score (nSPS) is 11.9. The van der Waals surface area contributed by atoms with Crippen LogP contribution >= 0.6 is 15.9 Å². The number of hydrogen-bond donors (Lipinski definition) is 2. The second kappa shape index (κ2) is 6.04. The molecule has 0 unspecified atom stereocenters. The van der Waals surface area contributed by atoms with E-state index >= 15 is 0 Å². The van der Waals surface area contributed by atoms with Crippen molar-refractivity contribution in [1.29, 1.82) is 0 Å². The third kappa shape index (κ3) is 3.45. The number of halogens is 1. The summed E-state index contributed by atoms with van der Waals surface area (Å²) in [5.74, 6) is 0.723. The van der Waals surface area contributed by atoms with Gasteiger partial charge in [0.2, 0.25) is 10.0 Å². The van der Waals surface area contributed by atoms with E-state index in [9.17, 15) is 8.42 Å². The van der Waals surface area contributed by atoms with Crippen molar-refractivity contribution in [2.45, 2.75) is 17.9 Å². The van der Waals surface area contributed by atoms with Crippen molar-refractivity contribution in [1.82, 2.24) is 19.5 Å². The lowest BCUT2D eigenvalue weighted by Gasteiger charge is -2.03. The van der Waals surface area contributed by atoms with Gasteiger partial charge in [0.05, 0.1) is 0 Å². The third-order valence-corrected chi connectivity index (χ3v) is 4.76. The molecule has 0 amide bonds. The molecule has 0 aliphatic carbocycles. The molecule has 0 spiro atoms. The summed E-state index contributed by atoms with van der Waals surface area (Å²) in [6.07, 6.45) is 1.92. The number of aliphatic hydroxyl groups is 1. The van der Waals surface area contributed by atoms with Gasteiger partial charge in [-0.15, -0.1) is 0 Å². The number of sulfonamides is 1. The highest BCUT2D eigenvalue weighted by atomic mass is 79.9. The second-order valence-corrected chi connectivity index (χ2v) is 6.45. The maximum atomic E-state index is 12.0. The number of furan rings is 1. The van der Waals surface area contributed by atoms with Crippen molar-refractivity contribution < 1.29 is 17.9 Å². The number of nitrogens with zero attached hydrogens (tertiary/aromatic N) is 3. The van der Waals surface area contributed by atoms with Crippen molar-refractivity contribution >= 4 is 26.0 Å². The first-order chi connectivity index (χ1) is 9.42. The zero-order valence-electron chi connectivity index (χ0n) is 10.6. The summed E-state index contributed by atoms with van der Waals surface area (Å²) >= 11 is 3.01. The van der Waals surface area contributed by atoms with Crippen LogP contribution < -0.4 is 4.72 Å². The van der Waals surface area contributed by atoms with E-state index < -0.39 is 10.0 Å². The molecule has 0 aliphatic rings. The van der Waals surface area contributed by atoms with Gasteiger partial charge < -0.3 is 9.52 Å². The maximum absolute atomic E-state index is 12.0. The number of aromatic nitrogens is 3. The molecule has 0 fully saturated rings. The number of aryl methyl sites for hydroxylation is 1. The smallest absolute Gasteiger partial charge is 0.244 e. The van der Waals surface area contributed by atoms with Crippen LogP contribution in [0.2, 0.25) is 0 Å². The van der Waals surface area contributed by atoms with Gasteiger partial charge in [-0.3, -0.25) is 4.68 Å². The average molecular weight is 365 g/mol. The Morgan fingerprint density at radius 2 is 2.30 bits per heavy atom. The zero-order valence-corrected chi connectivity index (χ0v) is 13.0. The molecule has 2 aromatic heterocycles. The van der Waals surface area contributed by atoms with Crippen LogP contribution in [-0.4, -0.2) is 34.8 Å². The summed E-state index contributed by atoms with van der Waals surface area (Å²) < 4.78 is 33.2. The van der Waals surface area contributed by atoms with Crippen molar-refractivity contribution in [3.8, 4) is 0 Å². The van der Waals surface area contributed by atoms with Crippen LogP contribution in [0.25, 0.3) is 0 Å². The molecule has 0 aliphatic heterocycles. The van der Waals surface area contributed by atoms with Gasteiger partial charge in [0.25, 0.3) is 0 Å². The molecule has 0 atom stereocenters. The first-order valence-electron chi connectivity index (χ1n) is 5.65. The van der Waals surface area contributed by atoms with Gasteiger partial charge in [0.15, 0.2) is 10.5 Å². The molecule has 0 saturated carbocycles. The summed E-state index contributed by atoms with van der Waals surface area (Å²) in [7, 11) is -1.97. The molecule has 2 heterocycles. The van der Waals surface area contributed by atoms with E-state index in [-0.39, 0.29) is 28.5 Å². The van der Waals surface area contributed by atoms with Gasteiger partial charge in [0.1, 0.15) is 23.6 Å². The van der Waals surface area contributed by atoms with E-state index in [1.807, 2.05) is 0 Å². The van der Waals surface area contributed by atoms with E-state index in [4.69, 9.17) is 9.52 Å². The number of hydrogen-bond acceptors (Lipinski definition) is 6. The van der Waals surface area contributed by atoms with Gasteiger partial charge in [-0.1, -0.05) is 0 Å². The van der Waals surface area contributed by atoms with Crippen LogP contribution in [0.15, 0.2) is 26.4 Å². The highest BCUT2D eigenvalue weighted by Gasteiger charge is 2.22. The highest BCUT2D eigenvalue weighted by Crippen LogP contribution is 2.25. The number of rotatable bonds is 6. The monoisotopic (exact) mass is 364 g/mol.